The molecule has 1 aromatic carbocycles. The lowest BCUT2D eigenvalue weighted by molar-refractivity contribution is -0.118. The van der Waals surface area contributed by atoms with E-state index >= 15 is 0 Å². The lowest BCUT2D eigenvalue weighted by atomic mass is 10.2. The van der Waals surface area contributed by atoms with E-state index in [-0.39, 0.29) is 18.7 Å². The number of furan rings is 1. The molecule has 0 atom stereocenters. The van der Waals surface area contributed by atoms with Gasteiger partial charge in [0.1, 0.15) is 5.75 Å². The molecule has 142 valence electrons. The highest BCUT2D eigenvalue weighted by atomic mass is 32.2. The lowest BCUT2D eigenvalue weighted by Gasteiger charge is -2.11. The van der Waals surface area contributed by atoms with Crippen molar-refractivity contribution in [2.45, 2.75) is 30.5 Å². The Bertz CT molecular complexity index is 899. The van der Waals surface area contributed by atoms with Gasteiger partial charge in [0, 0.05) is 24.3 Å². The van der Waals surface area contributed by atoms with Crippen LogP contribution in [-0.2, 0) is 17.1 Å². The highest BCUT2D eigenvalue weighted by Crippen LogP contribution is 2.30. The van der Waals surface area contributed by atoms with Gasteiger partial charge in [-0.1, -0.05) is 30.0 Å². The molecule has 0 saturated heterocycles. The minimum atomic E-state index is -2.90. The van der Waals surface area contributed by atoms with E-state index in [4.69, 9.17) is 10.2 Å². The Balaban J connectivity index is 1.82. The molecule has 2 heterocycles. The molecule has 0 radical (unpaired) electrons. The van der Waals surface area contributed by atoms with E-state index in [0.717, 1.165) is 0 Å². The number of hydrogen-bond acceptors (Lipinski definition) is 6. The third-order valence-electron chi connectivity index (χ3n) is 3.59. The van der Waals surface area contributed by atoms with Gasteiger partial charge in [-0.25, -0.2) is 0 Å². The zero-order valence-electron chi connectivity index (χ0n) is 14.0. The first-order chi connectivity index (χ1) is 13.0. The predicted molar refractivity (Wildman–Crippen MR) is 94.2 cm³/mol. The topological polar surface area (TPSA) is 96.2 Å². The summed E-state index contributed by atoms with van der Waals surface area (Å²) in [5, 5.41) is 8.75. The maximum Gasteiger partial charge on any atom is 0.387 e. The van der Waals surface area contributed by atoms with Gasteiger partial charge in [-0.15, -0.1) is 10.2 Å². The quantitative estimate of drug-likeness (QED) is 0.560. The van der Waals surface area contributed by atoms with Crippen molar-refractivity contribution in [3.05, 3.63) is 48.2 Å². The molecule has 0 unspecified atom stereocenters. The number of alkyl halides is 2. The number of carbonyl (C=O) groups excluding carboxylic acids is 1. The number of halogens is 2. The minimum Gasteiger partial charge on any atom is -0.461 e. The smallest absolute Gasteiger partial charge is 0.387 e. The van der Waals surface area contributed by atoms with Gasteiger partial charge < -0.3 is 14.9 Å². The second-order valence-electron chi connectivity index (χ2n) is 5.43. The number of thioether (sulfide) groups is 1. The molecule has 2 N–H and O–H groups in total. The van der Waals surface area contributed by atoms with Crippen LogP contribution in [0.2, 0.25) is 0 Å². The summed E-state index contributed by atoms with van der Waals surface area (Å²) in [5.41, 5.74) is 5.84. The van der Waals surface area contributed by atoms with Gasteiger partial charge in [0.25, 0.3) is 0 Å². The molecule has 1 amide bonds. The molecule has 0 fully saturated rings. The van der Waals surface area contributed by atoms with E-state index in [1.807, 2.05) is 0 Å². The van der Waals surface area contributed by atoms with Crippen LogP contribution in [0.1, 0.15) is 12.0 Å². The summed E-state index contributed by atoms with van der Waals surface area (Å²) in [6.07, 6.45) is 1.61. The van der Waals surface area contributed by atoms with Crippen LogP contribution in [0.3, 0.4) is 0 Å². The Kier molecular flexibility index (Phi) is 6.07. The Labute approximate surface area is 157 Å². The summed E-state index contributed by atoms with van der Waals surface area (Å²) in [6.45, 7) is -2.63. The van der Waals surface area contributed by atoms with Gasteiger partial charge in [-0.3, -0.25) is 9.36 Å². The largest absolute Gasteiger partial charge is 0.461 e. The van der Waals surface area contributed by atoms with Crippen molar-refractivity contribution in [2.24, 2.45) is 5.73 Å². The number of primary amides is 1. The van der Waals surface area contributed by atoms with Crippen LogP contribution in [-0.4, -0.2) is 27.3 Å². The fraction of sp³-hybridized carbons (Fsp3) is 0.235. The van der Waals surface area contributed by atoms with E-state index in [2.05, 4.69) is 14.9 Å². The van der Waals surface area contributed by atoms with Crippen molar-refractivity contribution >= 4 is 17.7 Å². The molecule has 3 rings (SSSR count). The first-order valence-electron chi connectivity index (χ1n) is 7.95. The number of aromatic nitrogens is 3. The SMILES string of the molecule is NC(=O)CCn1c(SCc2ccccc2OC(F)F)nnc1-c1ccco1. The number of amides is 1. The molecule has 2 aromatic heterocycles. The molecule has 3 aromatic rings. The molecule has 0 aliphatic rings. The fourth-order valence-corrected chi connectivity index (χ4v) is 3.34. The maximum absolute atomic E-state index is 12.6. The van der Waals surface area contributed by atoms with Crippen LogP contribution in [0.15, 0.2) is 52.2 Å². The van der Waals surface area contributed by atoms with Gasteiger partial charge in [-0.05, 0) is 18.2 Å². The number of nitrogens with zero attached hydrogens (tertiary/aromatic N) is 3. The standard InChI is InChI=1S/C17H16F2N4O3S/c18-16(19)26-12-5-2-1-4-11(12)10-27-17-22-21-15(13-6-3-9-25-13)23(17)8-7-14(20)24/h1-6,9,16H,7-8,10H2,(H2,20,24). The molecular weight excluding hydrogens is 378 g/mol. The second-order valence-corrected chi connectivity index (χ2v) is 6.37. The minimum absolute atomic E-state index is 0.102. The molecule has 0 aliphatic carbocycles. The first-order valence-corrected chi connectivity index (χ1v) is 8.94. The number of carbonyl (C=O) groups is 1. The van der Waals surface area contributed by atoms with E-state index in [1.165, 1.54) is 24.1 Å². The Morgan fingerprint density at radius 3 is 2.78 bits per heavy atom. The van der Waals surface area contributed by atoms with Crippen molar-refractivity contribution in [2.75, 3.05) is 0 Å². The fourth-order valence-electron chi connectivity index (χ4n) is 2.38. The Morgan fingerprint density at radius 1 is 1.26 bits per heavy atom. The first kappa shape index (κ1) is 18.9. The zero-order valence-corrected chi connectivity index (χ0v) is 14.9. The number of hydrogen-bond donors (Lipinski definition) is 1. The highest BCUT2D eigenvalue weighted by Gasteiger charge is 2.18. The summed E-state index contributed by atoms with van der Waals surface area (Å²) in [4.78, 5) is 11.2. The van der Waals surface area contributed by atoms with Gasteiger partial charge in [0.15, 0.2) is 16.7 Å². The van der Waals surface area contributed by atoms with Gasteiger partial charge in [0.05, 0.1) is 6.26 Å². The van der Waals surface area contributed by atoms with Gasteiger partial charge in [0.2, 0.25) is 5.91 Å². The zero-order chi connectivity index (χ0) is 19.2. The summed E-state index contributed by atoms with van der Waals surface area (Å²) in [7, 11) is 0. The van der Waals surface area contributed by atoms with E-state index in [1.54, 1.807) is 34.9 Å². The summed E-state index contributed by atoms with van der Waals surface area (Å²) in [5.74, 6) is 0.937. The molecule has 0 bridgehead atoms. The normalized spacial score (nSPS) is 11.1. The van der Waals surface area contributed by atoms with Crippen LogP contribution in [0.25, 0.3) is 11.6 Å². The molecule has 0 spiro atoms. The molecular formula is C17H16F2N4O3S. The molecule has 10 heteroatoms. The number of benzene rings is 1. The van der Waals surface area contributed by atoms with Crippen LogP contribution in [0, 0.1) is 0 Å². The Hall–Kier alpha value is -2.88. The number of para-hydroxylation sites is 1. The van der Waals surface area contributed by atoms with E-state index in [9.17, 15) is 13.6 Å². The lowest BCUT2D eigenvalue weighted by Crippen LogP contribution is -2.15. The van der Waals surface area contributed by atoms with Crippen LogP contribution in [0.4, 0.5) is 8.78 Å². The summed E-state index contributed by atoms with van der Waals surface area (Å²) < 4.78 is 36.7. The van der Waals surface area contributed by atoms with Gasteiger partial charge in [-0.2, -0.15) is 8.78 Å². The average Bonchev–Trinajstić information content (AvgIpc) is 3.28. The van der Waals surface area contributed by atoms with Crippen molar-refractivity contribution in [1.29, 1.82) is 0 Å². The van der Waals surface area contributed by atoms with Crippen molar-refractivity contribution < 1.29 is 22.7 Å². The maximum atomic E-state index is 12.6. The predicted octanol–water partition coefficient (Wildman–Crippen LogP) is 3.31. The molecule has 0 saturated carbocycles. The number of rotatable bonds is 9. The second kappa shape index (κ2) is 8.67. The summed E-state index contributed by atoms with van der Waals surface area (Å²) in [6, 6.07) is 9.98. The van der Waals surface area contributed by atoms with Gasteiger partial charge >= 0.3 is 6.61 Å². The third kappa shape index (κ3) is 4.85. The third-order valence-corrected chi connectivity index (χ3v) is 4.60. The Morgan fingerprint density at radius 2 is 2.07 bits per heavy atom. The molecule has 7 nitrogen and oxygen atoms in total. The van der Waals surface area contributed by atoms with Crippen LogP contribution < -0.4 is 10.5 Å². The van der Waals surface area contributed by atoms with Crippen LogP contribution >= 0.6 is 11.8 Å². The van der Waals surface area contributed by atoms with Crippen LogP contribution in [0.5, 0.6) is 5.75 Å². The number of ether oxygens (including phenoxy) is 1. The number of nitrogens with two attached hydrogens (primary N) is 1. The van der Waals surface area contributed by atoms with E-state index < -0.39 is 12.5 Å². The van der Waals surface area contributed by atoms with Crippen molar-refractivity contribution in [3.63, 3.8) is 0 Å². The molecule has 27 heavy (non-hydrogen) atoms. The highest BCUT2D eigenvalue weighted by molar-refractivity contribution is 7.98. The van der Waals surface area contributed by atoms with Crippen molar-refractivity contribution in [1.82, 2.24) is 14.8 Å². The average molecular weight is 394 g/mol. The monoisotopic (exact) mass is 394 g/mol. The summed E-state index contributed by atoms with van der Waals surface area (Å²) >= 11 is 1.28. The van der Waals surface area contributed by atoms with Crippen molar-refractivity contribution in [3.8, 4) is 17.3 Å². The molecule has 0 aliphatic heterocycles. The van der Waals surface area contributed by atoms with E-state index in [0.29, 0.717) is 28.1 Å².